The molecule has 0 aliphatic carbocycles. The average molecular weight is 218 g/mol. The lowest BCUT2D eigenvalue weighted by Gasteiger charge is -2.37. The van der Waals surface area contributed by atoms with Crippen LogP contribution in [0.5, 0.6) is 0 Å². The van der Waals surface area contributed by atoms with Gasteiger partial charge in [0.05, 0.1) is 17.8 Å². The number of fused-ring (bicyclic) bond motifs is 2. The zero-order valence-corrected chi connectivity index (χ0v) is 9.65. The zero-order chi connectivity index (χ0) is 11.2. The number of benzene rings is 1. The summed E-state index contributed by atoms with van der Waals surface area (Å²) in [5.74, 6) is 0. The standard InChI is InChI=1S/C14H18O2/c1-10-3-2-4-11(7-10)14(15)8-12-5-6-13(9-14)16-12/h2-4,7,12-13,15H,5-6,8-9H2,1H3. The van der Waals surface area contributed by atoms with E-state index in [9.17, 15) is 5.11 Å². The predicted octanol–water partition coefficient (Wildman–Crippen LogP) is 2.52. The Morgan fingerprint density at radius 1 is 1.25 bits per heavy atom. The maximum absolute atomic E-state index is 10.8. The first-order valence-corrected chi connectivity index (χ1v) is 6.11. The van der Waals surface area contributed by atoms with Crippen molar-refractivity contribution in [2.75, 3.05) is 0 Å². The molecular weight excluding hydrogens is 200 g/mol. The van der Waals surface area contributed by atoms with Crippen LogP contribution in [-0.4, -0.2) is 17.3 Å². The summed E-state index contributed by atoms with van der Waals surface area (Å²) >= 11 is 0. The first kappa shape index (κ1) is 10.3. The Hall–Kier alpha value is -0.860. The monoisotopic (exact) mass is 218 g/mol. The third-order valence-corrected chi connectivity index (χ3v) is 3.88. The minimum absolute atomic E-state index is 0.268. The largest absolute Gasteiger partial charge is 0.385 e. The van der Waals surface area contributed by atoms with Crippen LogP contribution in [0.3, 0.4) is 0 Å². The van der Waals surface area contributed by atoms with E-state index < -0.39 is 5.60 Å². The van der Waals surface area contributed by atoms with Gasteiger partial charge in [-0.1, -0.05) is 29.8 Å². The lowest BCUT2D eigenvalue weighted by Crippen LogP contribution is -2.38. The van der Waals surface area contributed by atoms with Crippen LogP contribution in [0.2, 0.25) is 0 Å². The highest BCUT2D eigenvalue weighted by Crippen LogP contribution is 2.43. The number of hydrogen-bond acceptors (Lipinski definition) is 2. The highest BCUT2D eigenvalue weighted by molar-refractivity contribution is 5.28. The molecule has 0 radical (unpaired) electrons. The molecule has 1 N–H and O–H groups in total. The molecule has 2 heterocycles. The van der Waals surface area contributed by atoms with Gasteiger partial charge in [0, 0.05) is 12.8 Å². The first-order valence-electron chi connectivity index (χ1n) is 6.11. The summed E-state index contributed by atoms with van der Waals surface area (Å²) < 4.78 is 5.78. The van der Waals surface area contributed by atoms with E-state index in [4.69, 9.17) is 4.74 Å². The number of ether oxygens (including phenoxy) is 1. The van der Waals surface area contributed by atoms with Crippen LogP contribution in [0.4, 0.5) is 0 Å². The van der Waals surface area contributed by atoms with Crippen molar-refractivity contribution in [2.24, 2.45) is 0 Å². The van der Waals surface area contributed by atoms with Crippen LogP contribution < -0.4 is 0 Å². The van der Waals surface area contributed by atoms with Crippen molar-refractivity contribution in [2.45, 2.75) is 50.4 Å². The van der Waals surface area contributed by atoms with E-state index in [0.717, 1.165) is 31.2 Å². The van der Waals surface area contributed by atoms with Crippen LogP contribution in [0.25, 0.3) is 0 Å². The Bertz CT molecular complexity index is 387. The maximum atomic E-state index is 10.8. The molecule has 0 amide bonds. The smallest absolute Gasteiger partial charge is 0.0946 e. The van der Waals surface area contributed by atoms with Crippen LogP contribution in [-0.2, 0) is 10.3 Å². The number of hydrogen-bond donors (Lipinski definition) is 1. The molecule has 0 aromatic heterocycles. The zero-order valence-electron chi connectivity index (χ0n) is 9.65. The second-order valence-electron chi connectivity index (χ2n) is 5.27. The number of aryl methyl sites for hydroxylation is 1. The van der Waals surface area contributed by atoms with Crippen molar-refractivity contribution in [3.05, 3.63) is 35.4 Å². The van der Waals surface area contributed by atoms with Gasteiger partial charge in [-0.15, -0.1) is 0 Å². The molecule has 2 unspecified atom stereocenters. The van der Waals surface area contributed by atoms with Crippen LogP contribution in [0, 0.1) is 6.92 Å². The molecule has 0 spiro atoms. The van der Waals surface area contributed by atoms with Crippen molar-refractivity contribution >= 4 is 0 Å². The highest BCUT2D eigenvalue weighted by atomic mass is 16.5. The Kier molecular flexibility index (Phi) is 2.30. The van der Waals surface area contributed by atoms with Crippen molar-refractivity contribution in [1.29, 1.82) is 0 Å². The summed E-state index contributed by atoms with van der Waals surface area (Å²) in [7, 11) is 0. The molecular formula is C14H18O2. The Balaban J connectivity index is 1.93. The molecule has 86 valence electrons. The SMILES string of the molecule is Cc1cccc(C2(O)CC3CCC(C2)O3)c1. The quantitative estimate of drug-likeness (QED) is 0.785. The average Bonchev–Trinajstić information content (AvgIpc) is 2.59. The van der Waals surface area contributed by atoms with Gasteiger partial charge in [0.1, 0.15) is 0 Å². The van der Waals surface area contributed by atoms with Crippen molar-refractivity contribution in [1.82, 2.24) is 0 Å². The first-order chi connectivity index (χ1) is 7.66. The molecule has 2 atom stereocenters. The Morgan fingerprint density at radius 2 is 1.94 bits per heavy atom. The lowest BCUT2D eigenvalue weighted by atomic mass is 9.83. The van der Waals surface area contributed by atoms with Gasteiger partial charge in [-0.25, -0.2) is 0 Å². The van der Waals surface area contributed by atoms with Gasteiger partial charge in [-0.05, 0) is 25.3 Å². The van der Waals surface area contributed by atoms with Crippen molar-refractivity contribution in [3.8, 4) is 0 Å². The molecule has 2 saturated heterocycles. The molecule has 3 rings (SSSR count). The lowest BCUT2D eigenvalue weighted by molar-refractivity contribution is -0.115. The molecule has 1 aromatic carbocycles. The maximum Gasteiger partial charge on any atom is 0.0946 e. The minimum atomic E-state index is -0.657. The molecule has 2 aliphatic heterocycles. The van der Waals surface area contributed by atoms with Gasteiger partial charge >= 0.3 is 0 Å². The normalized spacial score (nSPS) is 37.6. The highest BCUT2D eigenvalue weighted by Gasteiger charge is 2.44. The number of rotatable bonds is 1. The summed E-state index contributed by atoms with van der Waals surface area (Å²) in [5, 5.41) is 10.8. The van der Waals surface area contributed by atoms with Crippen molar-refractivity contribution in [3.63, 3.8) is 0 Å². The molecule has 2 nitrogen and oxygen atoms in total. The van der Waals surface area contributed by atoms with Crippen LogP contribution in [0.1, 0.15) is 36.8 Å². The van der Waals surface area contributed by atoms with E-state index in [1.807, 2.05) is 12.1 Å². The summed E-state index contributed by atoms with van der Waals surface area (Å²) in [6.45, 7) is 2.07. The van der Waals surface area contributed by atoms with Gasteiger partial charge in [0.25, 0.3) is 0 Å². The second-order valence-corrected chi connectivity index (χ2v) is 5.27. The van der Waals surface area contributed by atoms with Crippen molar-refractivity contribution < 1.29 is 9.84 Å². The van der Waals surface area contributed by atoms with Gasteiger partial charge in [-0.2, -0.15) is 0 Å². The molecule has 1 aromatic rings. The third-order valence-electron chi connectivity index (χ3n) is 3.88. The van der Waals surface area contributed by atoms with Gasteiger partial charge in [0.2, 0.25) is 0 Å². The molecule has 0 saturated carbocycles. The van der Waals surface area contributed by atoms with E-state index in [1.54, 1.807) is 0 Å². The minimum Gasteiger partial charge on any atom is -0.385 e. The van der Waals surface area contributed by atoms with E-state index in [2.05, 4.69) is 19.1 Å². The molecule has 2 heteroatoms. The predicted molar refractivity (Wildman–Crippen MR) is 62.2 cm³/mol. The Labute approximate surface area is 96.2 Å². The fourth-order valence-corrected chi connectivity index (χ4v) is 3.09. The molecule has 16 heavy (non-hydrogen) atoms. The van der Waals surface area contributed by atoms with Crippen LogP contribution >= 0.6 is 0 Å². The summed E-state index contributed by atoms with van der Waals surface area (Å²) in [5.41, 5.74) is 1.62. The fraction of sp³-hybridized carbons (Fsp3) is 0.571. The van der Waals surface area contributed by atoms with Gasteiger partial charge in [0.15, 0.2) is 0 Å². The molecule has 2 fully saturated rings. The van der Waals surface area contributed by atoms with Crippen LogP contribution in [0.15, 0.2) is 24.3 Å². The fourth-order valence-electron chi connectivity index (χ4n) is 3.09. The molecule has 2 aliphatic rings. The second kappa shape index (κ2) is 3.57. The number of aliphatic hydroxyl groups is 1. The third kappa shape index (κ3) is 1.66. The molecule has 2 bridgehead atoms. The van der Waals surface area contributed by atoms with E-state index in [-0.39, 0.29) is 12.2 Å². The van der Waals surface area contributed by atoms with Gasteiger partial charge in [-0.3, -0.25) is 0 Å². The van der Waals surface area contributed by atoms with E-state index >= 15 is 0 Å². The topological polar surface area (TPSA) is 29.5 Å². The van der Waals surface area contributed by atoms with E-state index in [0.29, 0.717) is 0 Å². The summed E-state index contributed by atoms with van der Waals surface area (Å²) in [4.78, 5) is 0. The summed E-state index contributed by atoms with van der Waals surface area (Å²) in [6.07, 6.45) is 4.27. The summed E-state index contributed by atoms with van der Waals surface area (Å²) in [6, 6.07) is 8.24. The van der Waals surface area contributed by atoms with Gasteiger partial charge < -0.3 is 9.84 Å². The Morgan fingerprint density at radius 3 is 2.56 bits per heavy atom. The van der Waals surface area contributed by atoms with E-state index in [1.165, 1.54) is 5.56 Å².